The number of hydrogen-bond donors (Lipinski definition) is 0. The van der Waals surface area contributed by atoms with Crippen LogP contribution in [0, 0.1) is 27.7 Å². The van der Waals surface area contributed by atoms with Gasteiger partial charge in [0.15, 0.2) is 0 Å². The van der Waals surface area contributed by atoms with E-state index in [-0.39, 0.29) is 18.0 Å². The number of benzene rings is 1. The van der Waals surface area contributed by atoms with Crippen LogP contribution in [0.1, 0.15) is 21.6 Å². The van der Waals surface area contributed by atoms with Crippen molar-refractivity contribution < 1.29 is 4.79 Å². The number of carbonyl (C=O) groups is 1. The molecule has 0 saturated carbocycles. The zero-order valence-corrected chi connectivity index (χ0v) is 18.2. The molecule has 4 rings (SSSR count). The summed E-state index contributed by atoms with van der Waals surface area (Å²) in [6, 6.07) is 6.35. The van der Waals surface area contributed by atoms with E-state index in [1.165, 1.54) is 39.0 Å². The van der Waals surface area contributed by atoms with Gasteiger partial charge in [-0.2, -0.15) is 0 Å². The third-order valence-corrected chi connectivity index (χ3v) is 7.13. The van der Waals surface area contributed by atoms with Crippen LogP contribution >= 0.6 is 11.3 Å². The maximum Gasteiger partial charge on any atom is 0.262 e. The molecular formula is C22H26N4O2S. The summed E-state index contributed by atoms with van der Waals surface area (Å²) in [5, 5.41) is 0.641. The number of thiophene rings is 1. The summed E-state index contributed by atoms with van der Waals surface area (Å²) in [5.74, 6) is -0.0292. The molecule has 1 fully saturated rings. The first-order valence-electron chi connectivity index (χ1n) is 9.91. The van der Waals surface area contributed by atoms with Crippen molar-refractivity contribution >= 4 is 33.1 Å². The molecule has 0 unspecified atom stereocenters. The Morgan fingerprint density at radius 1 is 1.07 bits per heavy atom. The number of hydrogen-bond acceptors (Lipinski definition) is 5. The minimum atomic E-state index is -0.126. The third kappa shape index (κ3) is 3.55. The fraction of sp³-hybridized carbons (Fsp3) is 0.409. The smallest absolute Gasteiger partial charge is 0.262 e. The van der Waals surface area contributed by atoms with Crippen molar-refractivity contribution in [3.63, 3.8) is 0 Å². The highest BCUT2D eigenvalue weighted by atomic mass is 32.1. The molecule has 6 nitrogen and oxygen atoms in total. The summed E-state index contributed by atoms with van der Waals surface area (Å²) in [6.07, 6.45) is 1.50. The fourth-order valence-corrected chi connectivity index (χ4v) is 4.89. The average Bonchev–Trinajstić information content (AvgIpc) is 3.01. The van der Waals surface area contributed by atoms with Crippen LogP contribution in [0.4, 0.5) is 5.69 Å². The monoisotopic (exact) mass is 410 g/mol. The minimum absolute atomic E-state index is 0.0292. The largest absolute Gasteiger partial charge is 0.368 e. The predicted molar refractivity (Wildman–Crippen MR) is 118 cm³/mol. The normalized spacial score (nSPS) is 14.6. The van der Waals surface area contributed by atoms with Crippen molar-refractivity contribution in [1.82, 2.24) is 14.5 Å². The van der Waals surface area contributed by atoms with Crippen molar-refractivity contribution in [3.05, 3.63) is 56.4 Å². The van der Waals surface area contributed by atoms with Crippen LogP contribution in [0.15, 0.2) is 29.3 Å². The molecule has 3 heterocycles. The molecular weight excluding hydrogens is 384 g/mol. The quantitative estimate of drug-likeness (QED) is 0.666. The molecule has 0 spiro atoms. The molecule has 1 amide bonds. The Morgan fingerprint density at radius 3 is 2.52 bits per heavy atom. The molecule has 2 aromatic heterocycles. The van der Waals surface area contributed by atoms with E-state index in [0.29, 0.717) is 18.5 Å². The first kappa shape index (κ1) is 19.6. The lowest BCUT2D eigenvalue weighted by Crippen LogP contribution is -2.50. The number of aromatic nitrogens is 2. The molecule has 0 bridgehead atoms. The number of amides is 1. The SMILES string of the molecule is Cc1cccc(N2CCN(C(=O)Cn3cnc4sc(C)c(C)c4c3=O)CC2)c1C. The van der Waals surface area contributed by atoms with Gasteiger partial charge >= 0.3 is 0 Å². The number of fused-ring (bicyclic) bond motifs is 1. The second-order valence-corrected chi connectivity index (χ2v) is 8.93. The van der Waals surface area contributed by atoms with Crippen LogP contribution in [-0.2, 0) is 11.3 Å². The highest BCUT2D eigenvalue weighted by Gasteiger charge is 2.23. The third-order valence-electron chi connectivity index (χ3n) is 6.01. The summed E-state index contributed by atoms with van der Waals surface area (Å²) in [7, 11) is 0. The van der Waals surface area contributed by atoms with Crippen LogP contribution in [0.2, 0.25) is 0 Å². The van der Waals surface area contributed by atoms with Crippen molar-refractivity contribution in [3.8, 4) is 0 Å². The van der Waals surface area contributed by atoms with Crippen LogP contribution < -0.4 is 10.5 Å². The van der Waals surface area contributed by atoms with Gasteiger partial charge in [0.2, 0.25) is 5.91 Å². The Labute approximate surface area is 174 Å². The van der Waals surface area contributed by atoms with E-state index in [1.54, 1.807) is 0 Å². The number of piperazine rings is 1. The van der Waals surface area contributed by atoms with Crippen molar-refractivity contribution in [1.29, 1.82) is 0 Å². The lowest BCUT2D eigenvalue weighted by molar-refractivity contribution is -0.132. The topological polar surface area (TPSA) is 58.4 Å². The van der Waals surface area contributed by atoms with Crippen LogP contribution in [-0.4, -0.2) is 46.5 Å². The molecule has 29 heavy (non-hydrogen) atoms. The Morgan fingerprint density at radius 2 is 1.79 bits per heavy atom. The molecule has 1 aliphatic heterocycles. The van der Waals surface area contributed by atoms with Crippen LogP contribution in [0.3, 0.4) is 0 Å². The number of aryl methyl sites for hydroxylation is 3. The van der Waals surface area contributed by atoms with E-state index in [1.807, 2.05) is 18.7 Å². The van der Waals surface area contributed by atoms with Crippen molar-refractivity contribution in [2.45, 2.75) is 34.2 Å². The molecule has 1 aliphatic rings. The number of nitrogens with zero attached hydrogens (tertiary/aromatic N) is 4. The van der Waals surface area contributed by atoms with E-state index >= 15 is 0 Å². The summed E-state index contributed by atoms with van der Waals surface area (Å²) < 4.78 is 1.45. The van der Waals surface area contributed by atoms with Gasteiger partial charge < -0.3 is 9.80 Å². The first-order chi connectivity index (χ1) is 13.9. The molecule has 0 atom stereocenters. The first-order valence-corrected chi connectivity index (χ1v) is 10.7. The maximum atomic E-state index is 12.8. The second kappa shape index (κ2) is 7.63. The lowest BCUT2D eigenvalue weighted by Gasteiger charge is -2.37. The van der Waals surface area contributed by atoms with Gasteiger partial charge in [0.1, 0.15) is 11.4 Å². The van der Waals surface area contributed by atoms with Gasteiger partial charge in [0.25, 0.3) is 5.56 Å². The summed E-state index contributed by atoms with van der Waals surface area (Å²) in [4.78, 5) is 36.1. The Bertz CT molecular complexity index is 1140. The van der Waals surface area contributed by atoms with Crippen molar-refractivity contribution in [2.24, 2.45) is 0 Å². The van der Waals surface area contributed by atoms with Crippen LogP contribution in [0.5, 0.6) is 0 Å². The van der Waals surface area contributed by atoms with Gasteiger partial charge in [0, 0.05) is 36.7 Å². The molecule has 3 aromatic rings. The highest BCUT2D eigenvalue weighted by Crippen LogP contribution is 2.26. The number of carbonyl (C=O) groups excluding carboxylic acids is 1. The Kier molecular flexibility index (Phi) is 5.17. The molecule has 0 aliphatic carbocycles. The molecule has 7 heteroatoms. The Hall–Kier alpha value is -2.67. The zero-order chi connectivity index (χ0) is 20.7. The summed E-state index contributed by atoms with van der Waals surface area (Å²) >= 11 is 1.52. The fourth-order valence-electron chi connectivity index (χ4n) is 3.90. The van der Waals surface area contributed by atoms with E-state index in [2.05, 4.69) is 41.9 Å². The molecule has 0 N–H and O–H groups in total. The number of anilines is 1. The number of rotatable bonds is 3. The summed E-state index contributed by atoms with van der Waals surface area (Å²) in [5.41, 5.74) is 4.65. The maximum absolute atomic E-state index is 12.8. The average molecular weight is 411 g/mol. The van der Waals surface area contributed by atoms with Gasteiger partial charge in [-0.1, -0.05) is 12.1 Å². The van der Waals surface area contributed by atoms with Gasteiger partial charge in [-0.25, -0.2) is 4.98 Å². The van der Waals surface area contributed by atoms with Crippen molar-refractivity contribution in [2.75, 3.05) is 31.1 Å². The second-order valence-electron chi connectivity index (χ2n) is 7.73. The van der Waals surface area contributed by atoms with E-state index in [4.69, 9.17) is 0 Å². The zero-order valence-electron chi connectivity index (χ0n) is 17.4. The van der Waals surface area contributed by atoms with Gasteiger partial charge in [-0.15, -0.1) is 11.3 Å². The van der Waals surface area contributed by atoms with E-state index in [9.17, 15) is 9.59 Å². The van der Waals surface area contributed by atoms with Crippen LogP contribution in [0.25, 0.3) is 10.2 Å². The predicted octanol–water partition coefficient (Wildman–Crippen LogP) is 3.04. The molecule has 1 aromatic carbocycles. The van der Waals surface area contributed by atoms with Gasteiger partial charge in [0.05, 0.1) is 11.7 Å². The van der Waals surface area contributed by atoms with E-state index < -0.39 is 0 Å². The lowest BCUT2D eigenvalue weighted by atomic mass is 10.1. The molecule has 152 valence electrons. The highest BCUT2D eigenvalue weighted by molar-refractivity contribution is 7.18. The van der Waals surface area contributed by atoms with E-state index in [0.717, 1.165) is 28.4 Å². The van der Waals surface area contributed by atoms with Gasteiger partial charge in [-0.05, 0) is 50.5 Å². The Balaban J connectivity index is 1.46. The standard InChI is InChI=1S/C22H26N4O2S/c1-14-6-5-7-18(15(14)2)24-8-10-25(11-9-24)19(27)12-26-13-23-21-20(22(26)28)16(3)17(4)29-21/h5-7,13H,8-12H2,1-4H3. The molecule has 1 saturated heterocycles. The van der Waals surface area contributed by atoms with Gasteiger partial charge in [-0.3, -0.25) is 14.2 Å². The summed E-state index contributed by atoms with van der Waals surface area (Å²) in [6.45, 7) is 11.2. The minimum Gasteiger partial charge on any atom is -0.368 e. The molecule has 0 radical (unpaired) electrons.